The minimum absolute atomic E-state index is 0.0348. The molecule has 0 saturated carbocycles. The number of nitrogens with one attached hydrogen (secondary N) is 1. The molecule has 9 heteroatoms. The number of amides is 2. The maximum absolute atomic E-state index is 12.9. The zero-order chi connectivity index (χ0) is 24.4. The molecule has 5 rings (SSSR count). The van der Waals surface area contributed by atoms with Crippen molar-refractivity contribution in [3.63, 3.8) is 0 Å². The Morgan fingerprint density at radius 1 is 1.14 bits per heavy atom. The lowest BCUT2D eigenvalue weighted by Gasteiger charge is -2.30. The maximum Gasteiger partial charge on any atom is 0.241 e. The van der Waals surface area contributed by atoms with Crippen molar-refractivity contribution in [2.75, 3.05) is 29.9 Å². The molecule has 182 valence electrons. The van der Waals surface area contributed by atoms with E-state index in [4.69, 9.17) is 4.52 Å². The molecule has 1 aromatic heterocycles. The molecule has 0 bridgehead atoms. The van der Waals surface area contributed by atoms with Gasteiger partial charge in [-0.15, -0.1) is 0 Å². The van der Waals surface area contributed by atoms with E-state index in [1.165, 1.54) is 0 Å². The number of piperidine rings is 1. The van der Waals surface area contributed by atoms with Crippen LogP contribution in [0.25, 0.3) is 11.4 Å². The number of aryl methyl sites for hydroxylation is 1. The van der Waals surface area contributed by atoms with Crippen molar-refractivity contribution in [1.82, 2.24) is 15.0 Å². The summed E-state index contributed by atoms with van der Waals surface area (Å²) >= 11 is 3.43. The standard InChI is InChI=1S/C26H28BrN5O3/c1-17-15-21(8-9-22(17)32-12-2-3-24(32)33)28-26(34)19-10-13-31(14-11-19)16-23-29-25(30-35-23)18-4-6-20(27)7-5-18/h4-9,15,19H,2-3,10-14,16H2,1H3,(H,28,34). The summed E-state index contributed by atoms with van der Waals surface area (Å²) in [5, 5.41) is 7.17. The van der Waals surface area contributed by atoms with E-state index in [-0.39, 0.29) is 17.7 Å². The summed E-state index contributed by atoms with van der Waals surface area (Å²) in [4.78, 5) is 33.5. The molecule has 2 fully saturated rings. The zero-order valence-corrected chi connectivity index (χ0v) is 21.3. The van der Waals surface area contributed by atoms with E-state index < -0.39 is 0 Å². The average molecular weight is 538 g/mol. The highest BCUT2D eigenvalue weighted by molar-refractivity contribution is 9.10. The monoisotopic (exact) mass is 537 g/mol. The summed E-state index contributed by atoms with van der Waals surface area (Å²) in [6, 6.07) is 13.6. The molecule has 0 unspecified atom stereocenters. The molecule has 2 aliphatic heterocycles. The molecule has 3 aromatic rings. The van der Waals surface area contributed by atoms with Crippen LogP contribution >= 0.6 is 15.9 Å². The predicted molar refractivity (Wildman–Crippen MR) is 137 cm³/mol. The Bertz CT molecular complexity index is 1220. The molecule has 2 aliphatic rings. The van der Waals surface area contributed by atoms with Gasteiger partial charge in [0, 0.05) is 40.3 Å². The number of rotatable bonds is 6. The molecule has 2 aromatic carbocycles. The Balaban J connectivity index is 1.12. The van der Waals surface area contributed by atoms with Crippen LogP contribution in [-0.4, -0.2) is 46.5 Å². The second kappa shape index (κ2) is 10.3. The molecule has 3 heterocycles. The van der Waals surface area contributed by atoms with E-state index in [1.807, 2.05) is 54.3 Å². The number of anilines is 2. The third-order valence-electron chi connectivity index (χ3n) is 6.72. The first-order valence-electron chi connectivity index (χ1n) is 12.0. The van der Waals surface area contributed by atoms with Crippen molar-refractivity contribution in [3.8, 4) is 11.4 Å². The number of benzene rings is 2. The number of carbonyl (C=O) groups is 2. The first-order valence-corrected chi connectivity index (χ1v) is 12.8. The Morgan fingerprint density at radius 3 is 2.60 bits per heavy atom. The van der Waals surface area contributed by atoms with Gasteiger partial charge in [0.2, 0.25) is 23.5 Å². The molecule has 2 amide bonds. The minimum Gasteiger partial charge on any atom is -0.338 e. The normalized spacial score (nSPS) is 17.2. The van der Waals surface area contributed by atoms with E-state index in [0.29, 0.717) is 24.7 Å². The fourth-order valence-corrected chi connectivity index (χ4v) is 5.03. The van der Waals surface area contributed by atoms with Crippen LogP contribution in [-0.2, 0) is 16.1 Å². The molecular formula is C26H28BrN5O3. The lowest BCUT2D eigenvalue weighted by Crippen LogP contribution is -2.37. The summed E-state index contributed by atoms with van der Waals surface area (Å²) in [7, 11) is 0. The highest BCUT2D eigenvalue weighted by atomic mass is 79.9. The van der Waals surface area contributed by atoms with Gasteiger partial charge in [-0.3, -0.25) is 14.5 Å². The van der Waals surface area contributed by atoms with E-state index >= 15 is 0 Å². The smallest absolute Gasteiger partial charge is 0.241 e. The number of carbonyl (C=O) groups excluding carboxylic acids is 2. The summed E-state index contributed by atoms with van der Waals surface area (Å²) in [5.74, 6) is 1.34. The fourth-order valence-electron chi connectivity index (χ4n) is 4.76. The van der Waals surface area contributed by atoms with Gasteiger partial charge < -0.3 is 14.7 Å². The Kier molecular flexibility index (Phi) is 6.97. The van der Waals surface area contributed by atoms with E-state index in [9.17, 15) is 9.59 Å². The first kappa shape index (κ1) is 23.7. The average Bonchev–Trinajstić information content (AvgIpc) is 3.49. The highest BCUT2D eigenvalue weighted by Crippen LogP contribution is 2.28. The van der Waals surface area contributed by atoms with Crippen LogP contribution in [0.4, 0.5) is 11.4 Å². The number of halogens is 1. The third-order valence-corrected chi connectivity index (χ3v) is 7.24. The summed E-state index contributed by atoms with van der Waals surface area (Å²) in [6.45, 7) is 4.91. The van der Waals surface area contributed by atoms with Crippen molar-refractivity contribution in [1.29, 1.82) is 0 Å². The molecule has 8 nitrogen and oxygen atoms in total. The van der Waals surface area contributed by atoms with Crippen LogP contribution in [0.1, 0.15) is 37.1 Å². The Hall–Kier alpha value is -3.04. The van der Waals surface area contributed by atoms with Crippen molar-refractivity contribution >= 4 is 39.1 Å². The summed E-state index contributed by atoms with van der Waals surface area (Å²) in [6.07, 6.45) is 3.06. The maximum atomic E-state index is 12.9. The van der Waals surface area contributed by atoms with Crippen molar-refractivity contribution in [2.45, 2.75) is 39.2 Å². The fraction of sp³-hybridized carbons (Fsp3) is 0.385. The van der Waals surface area contributed by atoms with Gasteiger partial charge >= 0.3 is 0 Å². The zero-order valence-electron chi connectivity index (χ0n) is 19.7. The number of nitrogens with zero attached hydrogens (tertiary/aromatic N) is 4. The number of hydrogen-bond donors (Lipinski definition) is 1. The SMILES string of the molecule is Cc1cc(NC(=O)C2CCN(Cc3nc(-c4ccc(Br)cc4)no3)CC2)ccc1N1CCCC1=O. The van der Waals surface area contributed by atoms with Gasteiger partial charge in [-0.05, 0) is 87.3 Å². The second-order valence-electron chi connectivity index (χ2n) is 9.21. The van der Waals surface area contributed by atoms with Crippen LogP contribution in [0.2, 0.25) is 0 Å². The molecular weight excluding hydrogens is 510 g/mol. The van der Waals surface area contributed by atoms with Gasteiger partial charge in [0.15, 0.2) is 0 Å². The Morgan fingerprint density at radius 2 is 1.91 bits per heavy atom. The summed E-state index contributed by atoms with van der Waals surface area (Å²) < 4.78 is 6.45. The number of aromatic nitrogens is 2. The molecule has 0 atom stereocenters. The molecule has 0 spiro atoms. The van der Waals surface area contributed by atoms with Crippen LogP contribution < -0.4 is 10.2 Å². The van der Waals surface area contributed by atoms with Crippen molar-refractivity contribution in [2.24, 2.45) is 5.92 Å². The molecule has 2 saturated heterocycles. The molecule has 35 heavy (non-hydrogen) atoms. The highest BCUT2D eigenvalue weighted by Gasteiger charge is 2.27. The van der Waals surface area contributed by atoms with Gasteiger partial charge in [-0.25, -0.2) is 0 Å². The van der Waals surface area contributed by atoms with Crippen LogP contribution in [0.3, 0.4) is 0 Å². The largest absolute Gasteiger partial charge is 0.338 e. The van der Waals surface area contributed by atoms with Crippen molar-refractivity contribution < 1.29 is 14.1 Å². The Labute approximate surface area is 212 Å². The quantitative estimate of drug-likeness (QED) is 0.486. The van der Waals surface area contributed by atoms with Gasteiger partial charge in [-0.1, -0.05) is 21.1 Å². The van der Waals surface area contributed by atoms with Crippen LogP contribution in [0.5, 0.6) is 0 Å². The number of hydrogen-bond acceptors (Lipinski definition) is 6. The van der Waals surface area contributed by atoms with Gasteiger partial charge in [0.25, 0.3) is 0 Å². The third kappa shape index (κ3) is 5.46. The summed E-state index contributed by atoms with van der Waals surface area (Å²) in [5.41, 5.74) is 3.61. The van der Waals surface area contributed by atoms with E-state index in [2.05, 4.69) is 36.3 Å². The minimum atomic E-state index is -0.0348. The van der Waals surface area contributed by atoms with Gasteiger partial charge in [0.05, 0.1) is 6.54 Å². The van der Waals surface area contributed by atoms with Crippen LogP contribution in [0.15, 0.2) is 51.5 Å². The molecule has 1 N–H and O–H groups in total. The molecule has 0 aliphatic carbocycles. The lowest BCUT2D eigenvalue weighted by atomic mass is 9.95. The van der Waals surface area contributed by atoms with Crippen molar-refractivity contribution in [3.05, 3.63) is 58.4 Å². The lowest BCUT2D eigenvalue weighted by molar-refractivity contribution is -0.121. The van der Waals surface area contributed by atoms with E-state index in [1.54, 1.807) is 0 Å². The first-order chi connectivity index (χ1) is 17.0. The second-order valence-corrected chi connectivity index (χ2v) is 10.1. The van der Waals surface area contributed by atoms with E-state index in [0.717, 1.165) is 65.9 Å². The van der Waals surface area contributed by atoms with Crippen LogP contribution in [0, 0.1) is 12.8 Å². The van der Waals surface area contributed by atoms with Gasteiger partial charge in [0.1, 0.15) is 0 Å². The topological polar surface area (TPSA) is 91.6 Å². The molecule has 0 radical (unpaired) electrons. The van der Waals surface area contributed by atoms with Gasteiger partial charge in [-0.2, -0.15) is 4.98 Å². The predicted octanol–water partition coefficient (Wildman–Crippen LogP) is 4.79. The number of likely N-dealkylation sites (tertiary alicyclic amines) is 1.